The van der Waals surface area contributed by atoms with Crippen molar-refractivity contribution in [3.8, 4) is 0 Å². The number of guanidine groups is 1. The molecule has 0 aromatic rings. The Morgan fingerprint density at radius 1 is 1.08 bits per heavy atom. The fourth-order valence-corrected chi connectivity index (χ4v) is 3.49. The normalized spacial score (nSPS) is 13.8. The van der Waals surface area contributed by atoms with Crippen molar-refractivity contribution in [1.29, 1.82) is 0 Å². The molecule has 25 heavy (non-hydrogen) atoms. The molecular formula is C18H40N4O2S. The Labute approximate surface area is 155 Å². The summed E-state index contributed by atoms with van der Waals surface area (Å²) in [5.41, 5.74) is 0. The highest BCUT2D eigenvalue weighted by Gasteiger charge is 2.28. The van der Waals surface area contributed by atoms with Crippen LogP contribution in [0.15, 0.2) is 4.99 Å². The van der Waals surface area contributed by atoms with E-state index in [0.29, 0.717) is 24.6 Å². The van der Waals surface area contributed by atoms with Crippen LogP contribution in [0.2, 0.25) is 0 Å². The Bertz CT molecular complexity index is 486. The van der Waals surface area contributed by atoms with Crippen molar-refractivity contribution in [3.63, 3.8) is 0 Å². The molecular weight excluding hydrogens is 336 g/mol. The van der Waals surface area contributed by atoms with Crippen LogP contribution < -0.4 is 10.6 Å². The van der Waals surface area contributed by atoms with Crippen LogP contribution in [0.4, 0.5) is 0 Å². The van der Waals surface area contributed by atoms with E-state index in [2.05, 4.69) is 48.2 Å². The van der Waals surface area contributed by atoms with Gasteiger partial charge in [0.15, 0.2) is 15.8 Å². The number of rotatable bonds is 10. The quantitative estimate of drug-likeness (QED) is 0.348. The second-order valence-corrected chi connectivity index (χ2v) is 10.8. The first-order chi connectivity index (χ1) is 11.4. The maximum Gasteiger partial charge on any atom is 0.191 e. The maximum atomic E-state index is 12.1. The van der Waals surface area contributed by atoms with Crippen molar-refractivity contribution in [3.05, 3.63) is 0 Å². The summed E-state index contributed by atoms with van der Waals surface area (Å²) in [6.07, 6.45) is 0.979. The van der Waals surface area contributed by atoms with E-state index in [0.717, 1.165) is 26.1 Å². The van der Waals surface area contributed by atoms with Crippen LogP contribution in [0.25, 0.3) is 0 Å². The van der Waals surface area contributed by atoms with Crippen LogP contribution in [0.1, 0.15) is 61.8 Å². The molecule has 0 heterocycles. The standard InChI is InChI=1S/C18H40N4O2S/c1-9-19-17(21-12-14-25(23,24)18(6,7)8)20-11-10-13-22(15(2)3)16(4)5/h15-16H,9-14H2,1-8H3,(H2,19,20,21). The van der Waals surface area contributed by atoms with Gasteiger partial charge in [-0.3, -0.25) is 9.89 Å². The van der Waals surface area contributed by atoms with Gasteiger partial charge in [-0.15, -0.1) is 0 Å². The van der Waals surface area contributed by atoms with Gasteiger partial charge >= 0.3 is 0 Å². The van der Waals surface area contributed by atoms with E-state index in [9.17, 15) is 8.42 Å². The van der Waals surface area contributed by atoms with Crippen LogP contribution in [-0.2, 0) is 9.84 Å². The lowest BCUT2D eigenvalue weighted by atomic mass is 10.2. The van der Waals surface area contributed by atoms with Crippen molar-refractivity contribution >= 4 is 15.8 Å². The molecule has 0 unspecified atom stereocenters. The number of hydrogen-bond acceptors (Lipinski definition) is 4. The monoisotopic (exact) mass is 376 g/mol. The molecule has 0 bridgehead atoms. The second-order valence-electron chi connectivity index (χ2n) is 7.90. The molecule has 7 heteroatoms. The molecule has 6 nitrogen and oxygen atoms in total. The molecule has 0 spiro atoms. The van der Waals surface area contributed by atoms with Gasteiger partial charge in [0.25, 0.3) is 0 Å². The Hall–Kier alpha value is -0.820. The summed E-state index contributed by atoms with van der Waals surface area (Å²) in [5.74, 6) is 0.794. The second kappa shape index (κ2) is 11.0. The number of sulfone groups is 1. The minimum atomic E-state index is -3.12. The largest absolute Gasteiger partial charge is 0.357 e. The van der Waals surface area contributed by atoms with Crippen LogP contribution in [0.3, 0.4) is 0 Å². The smallest absolute Gasteiger partial charge is 0.191 e. The molecule has 0 aliphatic carbocycles. The number of nitrogens with one attached hydrogen (secondary N) is 2. The van der Waals surface area contributed by atoms with Gasteiger partial charge in [-0.05, 0) is 61.8 Å². The molecule has 0 aliphatic rings. The van der Waals surface area contributed by atoms with Crippen molar-refractivity contribution in [2.75, 3.05) is 31.9 Å². The molecule has 2 N–H and O–H groups in total. The SMILES string of the molecule is CCNC(=NCCCN(C(C)C)C(C)C)NCCS(=O)(=O)C(C)(C)C. The molecule has 0 aliphatic heterocycles. The van der Waals surface area contributed by atoms with E-state index in [1.54, 1.807) is 20.8 Å². The predicted molar refractivity (Wildman–Crippen MR) is 109 cm³/mol. The van der Waals surface area contributed by atoms with Gasteiger partial charge in [0.05, 0.1) is 10.5 Å². The Morgan fingerprint density at radius 3 is 2.08 bits per heavy atom. The molecule has 0 saturated heterocycles. The summed E-state index contributed by atoms with van der Waals surface area (Å²) in [5, 5.41) is 6.30. The lowest BCUT2D eigenvalue weighted by Gasteiger charge is -2.30. The summed E-state index contributed by atoms with van der Waals surface area (Å²) < 4.78 is 23.6. The maximum absolute atomic E-state index is 12.1. The fourth-order valence-electron chi connectivity index (χ4n) is 2.51. The van der Waals surface area contributed by atoms with Gasteiger partial charge < -0.3 is 10.6 Å². The first-order valence-corrected chi connectivity index (χ1v) is 11.1. The Morgan fingerprint density at radius 2 is 1.64 bits per heavy atom. The molecule has 0 aromatic heterocycles. The summed E-state index contributed by atoms with van der Waals surface area (Å²) in [4.78, 5) is 7.01. The minimum Gasteiger partial charge on any atom is -0.357 e. The van der Waals surface area contributed by atoms with Gasteiger partial charge in [-0.25, -0.2) is 8.42 Å². The average molecular weight is 377 g/mol. The zero-order valence-corrected chi connectivity index (χ0v) is 18.3. The van der Waals surface area contributed by atoms with Gasteiger partial charge in [-0.1, -0.05) is 0 Å². The van der Waals surface area contributed by atoms with Gasteiger partial charge in [0.1, 0.15) is 0 Å². The molecule has 150 valence electrons. The molecule has 0 atom stereocenters. The van der Waals surface area contributed by atoms with Gasteiger partial charge in [0.2, 0.25) is 0 Å². The molecule has 0 amide bonds. The molecule has 0 radical (unpaired) electrons. The minimum absolute atomic E-state index is 0.107. The van der Waals surface area contributed by atoms with E-state index in [1.165, 1.54) is 0 Å². The summed E-state index contributed by atoms with van der Waals surface area (Å²) in [6.45, 7) is 18.9. The van der Waals surface area contributed by atoms with Crippen molar-refractivity contribution < 1.29 is 8.42 Å². The van der Waals surface area contributed by atoms with E-state index in [4.69, 9.17) is 0 Å². The predicted octanol–water partition coefficient (Wildman–Crippen LogP) is 2.26. The highest BCUT2D eigenvalue weighted by Crippen LogP contribution is 2.15. The third kappa shape index (κ3) is 9.45. The number of nitrogens with zero attached hydrogens (tertiary/aromatic N) is 2. The zero-order valence-electron chi connectivity index (χ0n) is 17.5. The van der Waals surface area contributed by atoms with E-state index < -0.39 is 14.6 Å². The lowest BCUT2D eigenvalue weighted by Crippen LogP contribution is -2.42. The van der Waals surface area contributed by atoms with Crippen LogP contribution in [0.5, 0.6) is 0 Å². The van der Waals surface area contributed by atoms with E-state index in [-0.39, 0.29) is 5.75 Å². The fraction of sp³-hybridized carbons (Fsp3) is 0.944. The number of hydrogen-bond donors (Lipinski definition) is 2. The summed E-state index contributed by atoms with van der Waals surface area (Å²) in [7, 11) is -3.12. The molecule has 0 saturated carbocycles. The first-order valence-electron chi connectivity index (χ1n) is 9.42. The number of aliphatic imine (C=N–C) groups is 1. The molecule has 0 rings (SSSR count). The van der Waals surface area contributed by atoms with Crippen LogP contribution in [-0.4, -0.2) is 68.0 Å². The summed E-state index contributed by atoms with van der Waals surface area (Å²) in [6, 6.07) is 1.05. The topological polar surface area (TPSA) is 73.8 Å². The molecule has 0 aromatic carbocycles. The van der Waals surface area contributed by atoms with E-state index >= 15 is 0 Å². The lowest BCUT2D eigenvalue weighted by molar-refractivity contribution is 0.174. The van der Waals surface area contributed by atoms with Gasteiger partial charge in [0, 0.05) is 38.3 Å². The zero-order chi connectivity index (χ0) is 19.7. The van der Waals surface area contributed by atoms with Gasteiger partial charge in [-0.2, -0.15) is 0 Å². The van der Waals surface area contributed by atoms with Crippen molar-refractivity contribution in [1.82, 2.24) is 15.5 Å². The Balaban J connectivity index is 4.48. The summed E-state index contributed by atoms with van der Waals surface area (Å²) >= 11 is 0. The van der Waals surface area contributed by atoms with E-state index in [1.807, 2.05) is 6.92 Å². The molecule has 0 fully saturated rings. The first kappa shape index (κ1) is 24.2. The highest BCUT2D eigenvalue weighted by molar-refractivity contribution is 7.92. The highest BCUT2D eigenvalue weighted by atomic mass is 32.2. The van der Waals surface area contributed by atoms with Crippen molar-refractivity contribution in [2.24, 2.45) is 4.99 Å². The van der Waals surface area contributed by atoms with Crippen molar-refractivity contribution in [2.45, 2.75) is 78.6 Å². The van der Waals surface area contributed by atoms with Crippen LogP contribution in [0, 0.1) is 0 Å². The Kier molecular flexibility index (Phi) is 10.7. The third-order valence-corrected chi connectivity index (χ3v) is 6.72. The van der Waals surface area contributed by atoms with Crippen LogP contribution >= 0.6 is 0 Å². The average Bonchev–Trinajstić information content (AvgIpc) is 2.44. The third-order valence-electron chi connectivity index (χ3n) is 4.11.